The van der Waals surface area contributed by atoms with Crippen LogP contribution < -0.4 is 5.32 Å². The molecular formula is C24H22ClN5O3S. The van der Waals surface area contributed by atoms with Crippen LogP contribution in [0.25, 0.3) is 11.3 Å². The number of hydrogen-bond acceptors (Lipinski definition) is 6. The molecule has 4 aromatic rings. The molecule has 0 bridgehead atoms. The van der Waals surface area contributed by atoms with Crippen molar-refractivity contribution in [3.63, 3.8) is 0 Å². The maximum atomic E-state index is 13.0. The van der Waals surface area contributed by atoms with E-state index in [-0.39, 0.29) is 17.6 Å². The second-order valence-electron chi connectivity index (χ2n) is 7.58. The number of aryl methyl sites for hydroxylation is 1. The highest BCUT2D eigenvalue weighted by molar-refractivity contribution is 7.99. The van der Waals surface area contributed by atoms with E-state index >= 15 is 0 Å². The molecule has 0 spiro atoms. The molecule has 0 aliphatic rings. The summed E-state index contributed by atoms with van der Waals surface area (Å²) in [6.07, 6.45) is 1.58. The highest BCUT2D eigenvalue weighted by Gasteiger charge is 2.16. The molecule has 174 valence electrons. The molecule has 2 amide bonds. The fraction of sp³-hybridized carbons (Fsp3) is 0.167. The van der Waals surface area contributed by atoms with Gasteiger partial charge in [-0.3, -0.25) is 9.59 Å². The third-order valence-corrected chi connectivity index (χ3v) is 6.21. The number of benzene rings is 2. The van der Waals surface area contributed by atoms with Crippen LogP contribution in [0, 0.1) is 0 Å². The first-order chi connectivity index (χ1) is 16.4. The van der Waals surface area contributed by atoms with E-state index in [2.05, 4.69) is 15.5 Å². The predicted molar refractivity (Wildman–Crippen MR) is 132 cm³/mol. The summed E-state index contributed by atoms with van der Waals surface area (Å²) >= 11 is 7.23. The highest BCUT2D eigenvalue weighted by atomic mass is 35.5. The normalized spacial score (nSPS) is 10.8. The molecule has 2 aromatic carbocycles. The van der Waals surface area contributed by atoms with E-state index in [1.165, 1.54) is 11.8 Å². The number of anilines is 1. The van der Waals surface area contributed by atoms with E-state index in [9.17, 15) is 9.59 Å². The Bertz CT molecular complexity index is 1300. The fourth-order valence-electron chi connectivity index (χ4n) is 3.22. The lowest BCUT2D eigenvalue weighted by molar-refractivity contribution is -0.113. The summed E-state index contributed by atoms with van der Waals surface area (Å²) in [5.74, 6) is 1.16. The summed E-state index contributed by atoms with van der Waals surface area (Å²) in [6.45, 7) is 0.303. The molecule has 0 unspecified atom stereocenters. The van der Waals surface area contributed by atoms with Crippen LogP contribution >= 0.6 is 23.4 Å². The van der Waals surface area contributed by atoms with Crippen molar-refractivity contribution in [2.45, 2.75) is 11.7 Å². The van der Waals surface area contributed by atoms with Crippen LogP contribution in [0.2, 0.25) is 5.02 Å². The number of carbonyl (C=O) groups excluding carboxylic acids is 2. The number of nitrogens with one attached hydrogen (secondary N) is 1. The van der Waals surface area contributed by atoms with Crippen LogP contribution in [0.1, 0.15) is 16.1 Å². The molecule has 0 atom stereocenters. The van der Waals surface area contributed by atoms with Gasteiger partial charge in [-0.2, -0.15) is 0 Å². The third-order valence-electron chi connectivity index (χ3n) is 4.93. The number of halogens is 1. The number of furan rings is 1. The maximum Gasteiger partial charge on any atom is 0.254 e. The van der Waals surface area contributed by atoms with Gasteiger partial charge < -0.3 is 19.2 Å². The number of amides is 2. The number of carbonyl (C=O) groups is 2. The molecule has 2 aromatic heterocycles. The summed E-state index contributed by atoms with van der Waals surface area (Å²) in [5, 5.41) is 11.9. The minimum absolute atomic E-state index is 0.180. The van der Waals surface area contributed by atoms with Crippen molar-refractivity contribution in [2.24, 2.45) is 7.05 Å². The van der Waals surface area contributed by atoms with Crippen molar-refractivity contribution in [2.75, 3.05) is 18.1 Å². The number of hydrogen-bond donors (Lipinski definition) is 1. The minimum atomic E-state index is -0.198. The smallest absolute Gasteiger partial charge is 0.254 e. The van der Waals surface area contributed by atoms with Crippen LogP contribution in [0.15, 0.2) is 76.6 Å². The summed E-state index contributed by atoms with van der Waals surface area (Å²) in [7, 11) is 3.52. The zero-order chi connectivity index (χ0) is 24.1. The Hall–Kier alpha value is -3.56. The SMILES string of the molecule is CN(Cc1ccc(-c2ccc(Cl)cc2)o1)C(=O)c1cccc(NC(=O)CSc2nncn2C)c1. The molecule has 0 radical (unpaired) electrons. The first kappa shape index (κ1) is 23.6. The lowest BCUT2D eigenvalue weighted by Gasteiger charge is -2.16. The standard InChI is InChI=1S/C24H22ClN5O3S/c1-29(13-20-10-11-21(33-20)16-6-8-18(25)9-7-16)23(32)17-4-3-5-19(12-17)27-22(31)14-34-24-28-26-15-30(24)2/h3-12,15H,13-14H2,1-2H3,(H,27,31). The van der Waals surface area contributed by atoms with Gasteiger partial charge in [0.2, 0.25) is 5.91 Å². The molecule has 10 heteroatoms. The van der Waals surface area contributed by atoms with Crippen molar-refractivity contribution in [1.82, 2.24) is 19.7 Å². The van der Waals surface area contributed by atoms with Gasteiger partial charge in [-0.25, -0.2) is 0 Å². The van der Waals surface area contributed by atoms with Crippen LogP contribution in [-0.2, 0) is 18.4 Å². The lowest BCUT2D eigenvalue weighted by atomic mass is 10.1. The van der Waals surface area contributed by atoms with Crippen molar-refractivity contribution in [1.29, 1.82) is 0 Å². The van der Waals surface area contributed by atoms with Gasteiger partial charge >= 0.3 is 0 Å². The minimum Gasteiger partial charge on any atom is -0.459 e. The van der Waals surface area contributed by atoms with E-state index in [0.717, 1.165) is 5.56 Å². The topological polar surface area (TPSA) is 93.3 Å². The monoisotopic (exact) mass is 495 g/mol. The van der Waals surface area contributed by atoms with E-state index in [4.69, 9.17) is 16.0 Å². The first-order valence-corrected chi connectivity index (χ1v) is 11.7. The largest absolute Gasteiger partial charge is 0.459 e. The number of nitrogens with zero attached hydrogens (tertiary/aromatic N) is 4. The number of aromatic nitrogens is 3. The van der Waals surface area contributed by atoms with Gasteiger partial charge in [0.25, 0.3) is 5.91 Å². The van der Waals surface area contributed by atoms with Crippen LogP contribution in [0.3, 0.4) is 0 Å². The first-order valence-electron chi connectivity index (χ1n) is 10.4. The Kier molecular flexibility index (Phi) is 7.34. The average molecular weight is 496 g/mol. The van der Waals surface area contributed by atoms with Gasteiger partial charge in [0.05, 0.1) is 12.3 Å². The Morgan fingerprint density at radius 3 is 2.68 bits per heavy atom. The Labute approximate surface area is 205 Å². The second-order valence-corrected chi connectivity index (χ2v) is 8.96. The molecule has 2 heterocycles. The van der Waals surface area contributed by atoms with E-state index in [0.29, 0.717) is 39.5 Å². The summed E-state index contributed by atoms with van der Waals surface area (Å²) in [4.78, 5) is 26.8. The molecule has 0 saturated carbocycles. The number of thioether (sulfide) groups is 1. The molecule has 0 fully saturated rings. The fourth-order valence-corrected chi connectivity index (χ4v) is 4.03. The summed E-state index contributed by atoms with van der Waals surface area (Å²) in [6, 6.07) is 17.9. The van der Waals surface area contributed by atoms with E-state index in [1.54, 1.807) is 59.2 Å². The molecule has 1 N–H and O–H groups in total. The Balaban J connectivity index is 1.35. The zero-order valence-electron chi connectivity index (χ0n) is 18.6. The van der Waals surface area contributed by atoms with Gasteiger partial charge in [0, 0.05) is 35.9 Å². The lowest BCUT2D eigenvalue weighted by Crippen LogP contribution is -2.26. The van der Waals surface area contributed by atoms with Crippen molar-refractivity contribution in [3.8, 4) is 11.3 Å². The highest BCUT2D eigenvalue weighted by Crippen LogP contribution is 2.25. The van der Waals surface area contributed by atoms with Gasteiger partial charge in [-0.1, -0.05) is 29.4 Å². The van der Waals surface area contributed by atoms with Crippen molar-refractivity contribution < 1.29 is 14.0 Å². The van der Waals surface area contributed by atoms with E-state index in [1.807, 2.05) is 31.3 Å². The zero-order valence-corrected chi connectivity index (χ0v) is 20.1. The molecule has 0 aliphatic heterocycles. The molecule has 34 heavy (non-hydrogen) atoms. The molecule has 0 saturated heterocycles. The Morgan fingerprint density at radius 2 is 1.94 bits per heavy atom. The average Bonchev–Trinajstić information content (AvgIpc) is 3.46. The van der Waals surface area contributed by atoms with Crippen LogP contribution in [-0.4, -0.2) is 44.3 Å². The van der Waals surface area contributed by atoms with Gasteiger partial charge in [0.1, 0.15) is 17.8 Å². The summed E-state index contributed by atoms with van der Waals surface area (Å²) < 4.78 is 7.64. The van der Waals surface area contributed by atoms with Gasteiger partial charge in [0.15, 0.2) is 5.16 Å². The molecule has 4 rings (SSSR count). The number of rotatable bonds is 8. The van der Waals surface area contributed by atoms with Crippen molar-refractivity contribution in [3.05, 3.63) is 83.3 Å². The third kappa shape index (κ3) is 5.86. The molecule has 8 nitrogen and oxygen atoms in total. The van der Waals surface area contributed by atoms with Gasteiger partial charge in [-0.05, 0) is 54.6 Å². The van der Waals surface area contributed by atoms with E-state index < -0.39 is 0 Å². The maximum absolute atomic E-state index is 13.0. The molecule has 0 aliphatic carbocycles. The Morgan fingerprint density at radius 1 is 1.15 bits per heavy atom. The van der Waals surface area contributed by atoms with Crippen molar-refractivity contribution >= 4 is 40.9 Å². The van der Waals surface area contributed by atoms with Crippen LogP contribution in [0.4, 0.5) is 5.69 Å². The summed E-state index contributed by atoms with van der Waals surface area (Å²) in [5.41, 5.74) is 1.92. The van der Waals surface area contributed by atoms with Gasteiger partial charge in [-0.15, -0.1) is 10.2 Å². The molecular weight excluding hydrogens is 474 g/mol. The van der Waals surface area contributed by atoms with Crippen LogP contribution in [0.5, 0.6) is 0 Å². The second kappa shape index (κ2) is 10.6. The quantitative estimate of drug-likeness (QED) is 0.355. The predicted octanol–water partition coefficient (Wildman–Crippen LogP) is 4.73.